The molecule has 2 aromatic carbocycles. The minimum atomic E-state index is -0.332. The van der Waals surface area contributed by atoms with Gasteiger partial charge in [0.25, 0.3) is 11.1 Å². The van der Waals surface area contributed by atoms with Crippen LogP contribution in [0.5, 0.6) is 11.5 Å². The van der Waals surface area contributed by atoms with E-state index in [1.165, 1.54) is 24.1 Å². The number of amides is 2. The maximum Gasteiger partial charge on any atom is 0.293 e. The molecule has 0 bridgehead atoms. The van der Waals surface area contributed by atoms with Crippen LogP contribution in [0, 0.1) is 5.82 Å². The van der Waals surface area contributed by atoms with Crippen molar-refractivity contribution in [1.29, 1.82) is 0 Å². The SMILES string of the molecule is COc1cc(/C=C2\SC(=O)N(C(C)C)C2=O)cc(Cl)c1OCc1ccc(F)cc1. The second-order valence-electron chi connectivity index (χ2n) is 6.59. The Balaban J connectivity index is 1.84. The average Bonchev–Trinajstić information content (AvgIpc) is 2.95. The quantitative estimate of drug-likeness (QED) is 0.560. The van der Waals surface area contributed by atoms with E-state index in [0.29, 0.717) is 27.0 Å². The molecule has 0 unspecified atom stereocenters. The molecule has 1 aliphatic heterocycles. The van der Waals surface area contributed by atoms with Crippen LogP contribution in [0.2, 0.25) is 5.02 Å². The van der Waals surface area contributed by atoms with Gasteiger partial charge in [-0.05, 0) is 67.1 Å². The van der Waals surface area contributed by atoms with E-state index in [-0.39, 0.29) is 29.6 Å². The summed E-state index contributed by atoms with van der Waals surface area (Å²) in [6, 6.07) is 9.04. The van der Waals surface area contributed by atoms with Crippen LogP contribution >= 0.6 is 23.4 Å². The Kier molecular flexibility index (Phi) is 6.49. The highest BCUT2D eigenvalue weighted by atomic mass is 35.5. The Bertz CT molecular complexity index is 975. The fraction of sp³-hybridized carbons (Fsp3) is 0.238. The lowest BCUT2D eigenvalue weighted by Gasteiger charge is -2.16. The van der Waals surface area contributed by atoms with Gasteiger partial charge in [0.2, 0.25) is 0 Å². The summed E-state index contributed by atoms with van der Waals surface area (Å²) < 4.78 is 24.2. The van der Waals surface area contributed by atoms with Gasteiger partial charge < -0.3 is 9.47 Å². The first-order valence-corrected chi connectivity index (χ1v) is 10.0. The minimum absolute atomic E-state index is 0.184. The molecule has 2 amide bonds. The number of methoxy groups -OCH3 is 1. The molecule has 0 saturated carbocycles. The third kappa shape index (κ3) is 4.74. The van der Waals surface area contributed by atoms with Gasteiger partial charge in [-0.25, -0.2) is 4.39 Å². The van der Waals surface area contributed by atoms with Crippen molar-refractivity contribution in [2.24, 2.45) is 0 Å². The number of rotatable bonds is 6. The predicted octanol–water partition coefficient (Wildman–Crippen LogP) is 5.51. The first kappa shape index (κ1) is 21.2. The number of ether oxygens (including phenoxy) is 2. The smallest absolute Gasteiger partial charge is 0.293 e. The van der Waals surface area contributed by atoms with Crippen molar-refractivity contribution in [3.8, 4) is 11.5 Å². The van der Waals surface area contributed by atoms with Crippen LogP contribution in [0.25, 0.3) is 6.08 Å². The largest absolute Gasteiger partial charge is 0.493 e. The highest BCUT2D eigenvalue weighted by Gasteiger charge is 2.36. The topological polar surface area (TPSA) is 55.8 Å². The Hall–Kier alpha value is -2.51. The molecule has 1 heterocycles. The lowest BCUT2D eigenvalue weighted by molar-refractivity contribution is -0.123. The third-order valence-corrected chi connectivity index (χ3v) is 5.35. The maximum absolute atomic E-state index is 13.0. The fourth-order valence-electron chi connectivity index (χ4n) is 2.78. The van der Waals surface area contributed by atoms with E-state index in [4.69, 9.17) is 21.1 Å². The molecule has 1 saturated heterocycles. The molecule has 3 rings (SSSR count). The van der Waals surface area contributed by atoms with Crippen LogP contribution in [0.4, 0.5) is 9.18 Å². The summed E-state index contributed by atoms with van der Waals surface area (Å²) in [5, 5.41) is -0.00522. The molecular formula is C21H19ClFNO4S. The number of benzene rings is 2. The second-order valence-corrected chi connectivity index (χ2v) is 8.00. The Morgan fingerprint density at radius 2 is 1.90 bits per heavy atom. The molecule has 0 N–H and O–H groups in total. The fourth-order valence-corrected chi connectivity index (χ4v) is 4.01. The van der Waals surface area contributed by atoms with Crippen molar-refractivity contribution < 1.29 is 23.5 Å². The van der Waals surface area contributed by atoms with E-state index in [2.05, 4.69) is 0 Å². The highest BCUT2D eigenvalue weighted by Crippen LogP contribution is 2.39. The van der Waals surface area contributed by atoms with Crippen LogP contribution in [0.3, 0.4) is 0 Å². The monoisotopic (exact) mass is 435 g/mol. The molecule has 5 nitrogen and oxygen atoms in total. The van der Waals surface area contributed by atoms with E-state index in [1.807, 2.05) is 0 Å². The lowest BCUT2D eigenvalue weighted by Crippen LogP contribution is -2.34. The molecule has 0 spiro atoms. The van der Waals surface area contributed by atoms with E-state index in [0.717, 1.165) is 17.3 Å². The zero-order valence-corrected chi connectivity index (χ0v) is 17.6. The molecule has 1 fully saturated rings. The number of hydrogen-bond donors (Lipinski definition) is 0. The number of carbonyl (C=O) groups is 2. The van der Waals surface area contributed by atoms with Crippen molar-refractivity contribution in [2.45, 2.75) is 26.5 Å². The standard InChI is InChI=1S/C21H19ClFNO4S/c1-12(2)24-20(25)18(29-21(24)26)10-14-8-16(22)19(17(9-14)27-3)28-11-13-4-6-15(23)7-5-13/h4-10,12H,11H2,1-3H3/b18-10-. The number of hydrogen-bond acceptors (Lipinski definition) is 5. The van der Waals surface area contributed by atoms with Crippen LogP contribution in [0.1, 0.15) is 25.0 Å². The Morgan fingerprint density at radius 1 is 1.21 bits per heavy atom. The van der Waals surface area contributed by atoms with Crippen molar-refractivity contribution in [3.63, 3.8) is 0 Å². The average molecular weight is 436 g/mol. The van der Waals surface area contributed by atoms with Gasteiger partial charge in [-0.1, -0.05) is 23.7 Å². The van der Waals surface area contributed by atoms with E-state index in [1.54, 1.807) is 44.2 Å². The first-order chi connectivity index (χ1) is 13.8. The van der Waals surface area contributed by atoms with Gasteiger partial charge in [-0.15, -0.1) is 0 Å². The van der Waals surface area contributed by atoms with E-state index < -0.39 is 0 Å². The summed E-state index contributed by atoms with van der Waals surface area (Å²) in [6.45, 7) is 3.75. The molecule has 0 aromatic heterocycles. The predicted molar refractivity (Wildman–Crippen MR) is 112 cm³/mol. The molecular weight excluding hydrogens is 417 g/mol. The van der Waals surface area contributed by atoms with Gasteiger partial charge in [0.15, 0.2) is 11.5 Å². The minimum Gasteiger partial charge on any atom is -0.493 e. The van der Waals surface area contributed by atoms with Gasteiger partial charge in [-0.2, -0.15) is 0 Å². The Morgan fingerprint density at radius 3 is 2.48 bits per heavy atom. The van der Waals surface area contributed by atoms with Gasteiger partial charge in [0, 0.05) is 6.04 Å². The summed E-state index contributed by atoms with van der Waals surface area (Å²) >= 11 is 7.26. The molecule has 0 atom stereocenters. The number of halogens is 2. The van der Waals surface area contributed by atoms with Gasteiger partial charge >= 0.3 is 0 Å². The highest BCUT2D eigenvalue weighted by molar-refractivity contribution is 8.18. The molecule has 0 radical (unpaired) electrons. The van der Waals surface area contributed by atoms with Gasteiger partial charge in [0.1, 0.15) is 12.4 Å². The number of nitrogens with zero attached hydrogens (tertiary/aromatic N) is 1. The summed E-state index contributed by atoms with van der Waals surface area (Å²) in [7, 11) is 1.48. The lowest BCUT2D eigenvalue weighted by atomic mass is 10.1. The molecule has 8 heteroatoms. The number of imide groups is 1. The van der Waals surface area contributed by atoms with Crippen LogP contribution in [0.15, 0.2) is 41.3 Å². The molecule has 2 aromatic rings. The number of thioether (sulfide) groups is 1. The maximum atomic E-state index is 13.0. The van der Waals surface area contributed by atoms with Crippen LogP contribution in [-0.2, 0) is 11.4 Å². The summed E-state index contributed by atoms with van der Waals surface area (Å²) in [5.74, 6) is 0.0669. The normalized spacial score (nSPS) is 15.5. The van der Waals surface area contributed by atoms with Crippen molar-refractivity contribution in [3.05, 3.63) is 63.3 Å². The van der Waals surface area contributed by atoms with Crippen LogP contribution in [-0.4, -0.2) is 29.2 Å². The summed E-state index contributed by atoms with van der Waals surface area (Å²) in [6.07, 6.45) is 1.60. The van der Waals surface area contributed by atoms with Crippen molar-refractivity contribution >= 4 is 40.6 Å². The van der Waals surface area contributed by atoms with Crippen molar-refractivity contribution in [1.82, 2.24) is 4.90 Å². The van der Waals surface area contributed by atoms with Gasteiger partial charge in [-0.3, -0.25) is 14.5 Å². The Labute approximate surface area is 177 Å². The molecule has 29 heavy (non-hydrogen) atoms. The first-order valence-electron chi connectivity index (χ1n) is 8.82. The second kappa shape index (κ2) is 8.88. The molecule has 0 aliphatic carbocycles. The van der Waals surface area contributed by atoms with E-state index >= 15 is 0 Å². The molecule has 152 valence electrons. The van der Waals surface area contributed by atoms with E-state index in [9.17, 15) is 14.0 Å². The zero-order chi connectivity index (χ0) is 21.1. The van der Waals surface area contributed by atoms with Gasteiger partial charge in [0.05, 0.1) is 17.0 Å². The summed E-state index contributed by atoms with van der Waals surface area (Å²) in [5.41, 5.74) is 1.38. The molecule has 1 aliphatic rings. The third-order valence-electron chi connectivity index (χ3n) is 4.19. The summed E-state index contributed by atoms with van der Waals surface area (Å²) in [4.78, 5) is 26.0. The van der Waals surface area contributed by atoms with Crippen molar-refractivity contribution in [2.75, 3.05) is 7.11 Å². The van der Waals surface area contributed by atoms with Crippen LogP contribution < -0.4 is 9.47 Å². The zero-order valence-electron chi connectivity index (χ0n) is 16.1. The number of carbonyl (C=O) groups excluding carboxylic acids is 2.